The zero-order valence-electron chi connectivity index (χ0n) is 19.8. The lowest BCUT2D eigenvalue weighted by molar-refractivity contribution is 0.304. The van der Waals surface area contributed by atoms with Gasteiger partial charge in [0.15, 0.2) is 5.76 Å². The van der Waals surface area contributed by atoms with Crippen LogP contribution >= 0.6 is 31.9 Å². The van der Waals surface area contributed by atoms with Crippen molar-refractivity contribution in [3.63, 3.8) is 0 Å². The van der Waals surface area contributed by atoms with E-state index in [9.17, 15) is 4.79 Å². The predicted octanol–water partition coefficient (Wildman–Crippen LogP) is 7.80. The summed E-state index contributed by atoms with van der Waals surface area (Å²) < 4.78 is 15.0. The summed E-state index contributed by atoms with van der Waals surface area (Å²) in [5.41, 5.74) is 2.84. The second-order valence-corrected chi connectivity index (χ2v) is 10.3. The number of furan rings is 1. The second kappa shape index (κ2) is 10.4. The molecule has 0 atom stereocenters. The van der Waals surface area contributed by atoms with Gasteiger partial charge in [0.25, 0.3) is 5.56 Å². The molecule has 0 amide bonds. The number of nitrogens with zero attached hydrogens (tertiary/aromatic N) is 3. The van der Waals surface area contributed by atoms with E-state index in [1.165, 1.54) is 4.68 Å². The summed E-state index contributed by atoms with van der Waals surface area (Å²) >= 11 is 7.08. The maximum absolute atomic E-state index is 13.5. The summed E-state index contributed by atoms with van der Waals surface area (Å²) in [6.07, 6.45) is 1.62. The van der Waals surface area contributed by atoms with Gasteiger partial charge in [-0.15, -0.1) is 0 Å². The molecule has 0 unspecified atom stereocenters. The third-order valence-electron chi connectivity index (χ3n) is 5.97. The predicted molar refractivity (Wildman–Crippen MR) is 157 cm³/mol. The number of fused-ring (bicyclic) bond motifs is 2. The molecule has 0 spiro atoms. The highest BCUT2D eigenvalue weighted by Crippen LogP contribution is 2.30. The normalized spacial score (nSPS) is 11.5. The molecule has 0 fully saturated rings. The van der Waals surface area contributed by atoms with Crippen molar-refractivity contribution in [3.05, 3.63) is 127 Å². The van der Waals surface area contributed by atoms with E-state index in [1.54, 1.807) is 18.3 Å². The summed E-state index contributed by atoms with van der Waals surface area (Å²) in [5, 5.41) is 5.90. The number of benzene rings is 4. The van der Waals surface area contributed by atoms with Gasteiger partial charge in [-0.25, -0.2) is 4.98 Å². The smallest absolute Gasteiger partial charge is 0.282 e. The molecule has 2 aromatic heterocycles. The first-order chi connectivity index (χ1) is 18.5. The van der Waals surface area contributed by atoms with E-state index in [0.717, 1.165) is 25.5 Å². The van der Waals surface area contributed by atoms with Crippen LogP contribution in [0.25, 0.3) is 33.5 Å². The van der Waals surface area contributed by atoms with Crippen LogP contribution in [0.3, 0.4) is 0 Å². The van der Waals surface area contributed by atoms with Crippen LogP contribution < -0.4 is 10.3 Å². The van der Waals surface area contributed by atoms with Crippen molar-refractivity contribution in [2.24, 2.45) is 5.10 Å². The Morgan fingerprint density at radius 1 is 0.921 bits per heavy atom. The Kier molecular flexibility index (Phi) is 6.66. The van der Waals surface area contributed by atoms with Crippen LogP contribution in [0.1, 0.15) is 11.1 Å². The molecule has 6 aromatic rings. The number of hydrogen-bond acceptors (Lipinski definition) is 5. The Bertz CT molecular complexity index is 1880. The third kappa shape index (κ3) is 4.92. The van der Waals surface area contributed by atoms with Crippen molar-refractivity contribution >= 4 is 59.9 Å². The van der Waals surface area contributed by atoms with Gasteiger partial charge in [0, 0.05) is 9.86 Å². The Balaban J connectivity index is 1.37. The molecule has 0 bridgehead atoms. The van der Waals surface area contributed by atoms with Gasteiger partial charge in [-0.1, -0.05) is 58.4 Å². The van der Waals surface area contributed by atoms with E-state index in [2.05, 4.69) is 37.0 Å². The summed E-state index contributed by atoms with van der Waals surface area (Å²) in [6, 6.07) is 30.4. The molecular formula is C30H19Br2N3O3. The largest absolute Gasteiger partial charge is 0.488 e. The Morgan fingerprint density at radius 2 is 1.74 bits per heavy atom. The molecule has 6 nitrogen and oxygen atoms in total. The minimum Gasteiger partial charge on any atom is -0.488 e. The molecule has 2 heterocycles. The zero-order chi connectivity index (χ0) is 26.1. The van der Waals surface area contributed by atoms with E-state index in [0.29, 0.717) is 40.4 Å². The zero-order valence-corrected chi connectivity index (χ0v) is 23.0. The molecular weight excluding hydrogens is 610 g/mol. The average molecular weight is 629 g/mol. The highest BCUT2D eigenvalue weighted by molar-refractivity contribution is 9.10. The molecule has 8 heteroatoms. The van der Waals surface area contributed by atoms with E-state index < -0.39 is 0 Å². The number of halogens is 2. The van der Waals surface area contributed by atoms with Gasteiger partial charge >= 0.3 is 0 Å². The first-order valence-corrected chi connectivity index (χ1v) is 13.4. The van der Waals surface area contributed by atoms with Gasteiger partial charge in [0.2, 0.25) is 5.82 Å². The molecule has 0 saturated carbocycles. The van der Waals surface area contributed by atoms with Gasteiger partial charge in [-0.05, 0) is 81.7 Å². The molecule has 0 aliphatic carbocycles. The lowest BCUT2D eigenvalue weighted by Gasteiger charge is -2.09. The van der Waals surface area contributed by atoms with Crippen molar-refractivity contribution in [2.45, 2.75) is 6.61 Å². The topological polar surface area (TPSA) is 69.6 Å². The van der Waals surface area contributed by atoms with Crippen molar-refractivity contribution in [2.75, 3.05) is 0 Å². The van der Waals surface area contributed by atoms with Crippen LogP contribution in [0.4, 0.5) is 0 Å². The molecule has 4 aromatic carbocycles. The third-order valence-corrected chi connectivity index (χ3v) is 7.08. The maximum Gasteiger partial charge on any atom is 0.282 e. The molecule has 0 radical (unpaired) electrons. The highest BCUT2D eigenvalue weighted by Gasteiger charge is 2.16. The fourth-order valence-corrected chi connectivity index (χ4v) is 4.98. The van der Waals surface area contributed by atoms with Crippen LogP contribution in [0, 0.1) is 0 Å². The van der Waals surface area contributed by atoms with E-state index in [4.69, 9.17) is 14.1 Å². The first kappa shape index (κ1) is 24.3. The van der Waals surface area contributed by atoms with Gasteiger partial charge in [0.05, 0.1) is 21.6 Å². The number of ether oxygens (including phenoxy) is 1. The molecule has 186 valence electrons. The number of hydrogen-bond donors (Lipinski definition) is 0. The van der Waals surface area contributed by atoms with Gasteiger partial charge in [0.1, 0.15) is 17.9 Å². The average Bonchev–Trinajstić information content (AvgIpc) is 3.35. The Hall–Kier alpha value is -4.01. The maximum atomic E-state index is 13.5. The van der Waals surface area contributed by atoms with Gasteiger partial charge < -0.3 is 9.15 Å². The molecule has 38 heavy (non-hydrogen) atoms. The van der Waals surface area contributed by atoms with E-state index in [-0.39, 0.29) is 5.56 Å². The molecule has 0 aliphatic rings. The van der Waals surface area contributed by atoms with Crippen LogP contribution in [0.15, 0.2) is 120 Å². The molecule has 6 rings (SSSR count). The van der Waals surface area contributed by atoms with Gasteiger partial charge in [-0.2, -0.15) is 9.78 Å². The SMILES string of the molecule is O=c1c2ccccc2nc(-c2cc3cc(Br)ccc3o2)n1N=Cc1ccc(OCc2ccccc2)c(Br)c1. The monoisotopic (exact) mass is 627 g/mol. The standard InChI is InChI=1S/C30H19Br2N3O3/c31-22-11-13-26-21(15-22)16-28(38-26)29-34-25-9-5-4-8-23(25)30(36)35(29)33-17-20-10-12-27(24(32)14-20)37-18-19-6-2-1-3-7-19/h1-17H,18H2. The first-order valence-electron chi connectivity index (χ1n) is 11.8. The van der Waals surface area contributed by atoms with Crippen molar-refractivity contribution in [3.8, 4) is 17.3 Å². The number of para-hydroxylation sites is 1. The molecule has 0 aliphatic heterocycles. The minimum absolute atomic E-state index is 0.287. The fraction of sp³-hybridized carbons (Fsp3) is 0.0333. The second-order valence-electron chi connectivity index (χ2n) is 8.57. The quantitative estimate of drug-likeness (QED) is 0.177. The summed E-state index contributed by atoms with van der Waals surface area (Å²) in [7, 11) is 0. The van der Waals surface area contributed by atoms with Crippen LogP contribution in [0.2, 0.25) is 0 Å². The summed E-state index contributed by atoms with van der Waals surface area (Å²) in [4.78, 5) is 18.2. The van der Waals surface area contributed by atoms with Gasteiger partial charge in [-0.3, -0.25) is 4.79 Å². The molecule has 0 N–H and O–H groups in total. The minimum atomic E-state index is -0.287. The van der Waals surface area contributed by atoms with E-state index in [1.807, 2.05) is 84.9 Å². The highest BCUT2D eigenvalue weighted by atomic mass is 79.9. The van der Waals surface area contributed by atoms with Crippen molar-refractivity contribution < 1.29 is 9.15 Å². The molecule has 0 saturated heterocycles. The number of aromatic nitrogens is 2. The van der Waals surface area contributed by atoms with Crippen LogP contribution in [-0.2, 0) is 6.61 Å². The fourth-order valence-electron chi connectivity index (χ4n) is 4.09. The van der Waals surface area contributed by atoms with E-state index >= 15 is 0 Å². The van der Waals surface area contributed by atoms with Crippen molar-refractivity contribution in [1.82, 2.24) is 9.66 Å². The van der Waals surface area contributed by atoms with Crippen molar-refractivity contribution in [1.29, 1.82) is 0 Å². The van der Waals surface area contributed by atoms with Crippen LogP contribution in [0.5, 0.6) is 5.75 Å². The summed E-state index contributed by atoms with van der Waals surface area (Å²) in [6.45, 7) is 0.461. The summed E-state index contributed by atoms with van der Waals surface area (Å²) in [5.74, 6) is 1.48. The lowest BCUT2D eigenvalue weighted by atomic mass is 10.2. The number of rotatable bonds is 6. The lowest BCUT2D eigenvalue weighted by Crippen LogP contribution is -2.20. The Morgan fingerprint density at radius 3 is 2.58 bits per heavy atom. The Labute approximate surface area is 234 Å². The van der Waals surface area contributed by atoms with Crippen LogP contribution in [-0.4, -0.2) is 15.9 Å².